The van der Waals surface area contributed by atoms with Gasteiger partial charge in [0.05, 0.1) is 6.04 Å². The van der Waals surface area contributed by atoms with E-state index in [4.69, 9.17) is 5.73 Å². The Balaban J connectivity index is 1.64. The highest BCUT2D eigenvalue weighted by molar-refractivity contribution is 5.05. The van der Waals surface area contributed by atoms with Crippen molar-refractivity contribution in [1.29, 1.82) is 0 Å². The maximum atomic E-state index is 5.69. The van der Waals surface area contributed by atoms with Crippen molar-refractivity contribution in [3.63, 3.8) is 0 Å². The summed E-state index contributed by atoms with van der Waals surface area (Å²) in [5.74, 6) is 3.88. The molecular formula is C15H25N5. The molecule has 1 unspecified atom stereocenters. The molecule has 5 rings (SSSR count). The van der Waals surface area contributed by atoms with E-state index in [-0.39, 0.29) is 0 Å². The van der Waals surface area contributed by atoms with Crippen molar-refractivity contribution in [2.24, 2.45) is 28.9 Å². The fraction of sp³-hybridized carbons (Fsp3) is 0.933. The quantitative estimate of drug-likeness (QED) is 0.912. The van der Waals surface area contributed by atoms with Crippen LogP contribution in [-0.4, -0.2) is 26.8 Å². The van der Waals surface area contributed by atoms with Crippen LogP contribution < -0.4 is 5.73 Å². The molecule has 0 saturated heterocycles. The van der Waals surface area contributed by atoms with Crippen molar-refractivity contribution >= 4 is 0 Å². The van der Waals surface area contributed by atoms with Gasteiger partial charge < -0.3 is 5.73 Å². The summed E-state index contributed by atoms with van der Waals surface area (Å²) in [6.07, 6.45) is 9.40. The van der Waals surface area contributed by atoms with Gasteiger partial charge in [-0.1, -0.05) is 0 Å². The van der Waals surface area contributed by atoms with Gasteiger partial charge in [-0.05, 0) is 85.6 Å². The lowest BCUT2D eigenvalue weighted by Crippen LogP contribution is -2.49. The van der Waals surface area contributed by atoms with Crippen LogP contribution in [0, 0.1) is 23.2 Å². The molecule has 1 aromatic rings. The van der Waals surface area contributed by atoms with Crippen molar-refractivity contribution in [2.75, 3.05) is 6.54 Å². The molecular weight excluding hydrogens is 250 g/mol. The zero-order valence-corrected chi connectivity index (χ0v) is 12.3. The minimum absolute atomic E-state index is 0.424. The molecule has 110 valence electrons. The van der Waals surface area contributed by atoms with Crippen molar-refractivity contribution < 1.29 is 0 Å². The summed E-state index contributed by atoms with van der Waals surface area (Å²) >= 11 is 0. The average molecular weight is 275 g/mol. The van der Waals surface area contributed by atoms with E-state index < -0.39 is 0 Å². The lowest BCUT2D eigenvalue weighted by Gasteiger charge is -2.58. The molecule has 4 aliphatic rings. The van der Waals surface area contributed by atoms with E-state index in [1.807, 2.05) is 0 Å². The molecule has 4 saturated carbocycles. The maximum absolute atomic E-state index is 5.69. The summed E-state index contributed by atoms with van der Waals surface area (Å²) in [6.45, 7) is 2.96. The van der Waals surface area contributed by atoms with Crippen molar-refractivity contribution in [2.45, 2.75) is 57.9 Å². The number of nitrogens with two attached hydrogens (primary N) is 1. The summed E-state index contributed by atoms with van der Waals surface area (Å²) in [4.78, 5) is 0. The molecule has 5 nitrogen and oxygen atoms in total. The van der Waals surface area contributed by atoms with Crippen LogP contribution in [0.2, 0.25) is 0 Å². The first-order chi connectivity index (χ1) is 9.70. The Morgan fingerprint density at radius 2 is 1.80 bits per heavy atom. The highest BCUT2D eigenvalue weighted by Gasteiger charge is 2.54. The molecule has 1 aromatic heterocycles. The Bertz CT molecular complexity index is 459. The Kier molecular flexibility index (Phi) is 2.88. The molecule has 1 atom stereocenters. The molecule has 0 aliphatic heterocycles. The normalized spacial score (nSPS) is 40.2. The Morgan fingerprint density at radius 3 is 2.35 bits per heavy atom. The summed E-state index contributed by atoms with van der Waals surface area (Å²) < 4.78 is 2.08. The van der Waals surface area contributed by atoms with Gasteiger partial charge in [0.15, 0.2) is 5.82 Å². The predicted octanol–water partition coefficient (Wildman–Crippen LogP) is 1.95. The van der Waals surface area contributed by atoms with Crippen LogP contribution in [0.15, 0.2) is 0 Å². The Morgan fingerprint density at radius 1 is 1.20 bits per heavy atom. The largest absolute Gasteiger partial charge is 0.330 e. The topological polar surface area (TPSA) is 69.6 Å². The van der Waals surface area contributed by atoms with Gasteiger partial charge in [0, 0.05) is 6.42 Å². The van der Waals surface area contributed by atoms with E-state index in [1.165, 1.54) is 38.5 Å². The summed E-state index contributed by atoms with van der Waals surface area (Å²) in [5.41, 5.74) is 6.14. The SMILES string of the molecule is CC(n1nnnc1CCN)C12CC3CC(CC(C3)C1)C2. The van der Waals surface area contributed by atoms with Gasteiger partial charge in [-0.25, -0.2) is 4.68 Å². The number of tetrazole rings is 1. The second-order valence-electron chi connectivity index (χ2n) is 7.53. The van der Waals surface area contributed by atoms with E-state index in [9.17, 15) is 0 Å². The van der Waals surface area contributed by atoms with Crippen LogP contribution in [0.4, 0.5) is 0 Å². The number of hydrogen-bond donors (Lipinski definition) is 1. The van der Waals surface area contributed by atoms with E-state index in [0.29, 0.717) is 18.0 Å². The first-order valence-corrected chi connectivity index (χ1v) is 8.17. The summed E-state index contributed by atoms with van der Waals surface area (Å²) in [7, 11) is 0. The maximum Gasteiger partial charge on any atom is 0.152 e. The number of nitrogens with zero attached hydrogens (tertiary/aromatic N) is 4. The standard InChI is InChI=1S/C15H25N5/c1-10(20-14(2-3-16)17-18-19-20)15-7-11-4-12(8-15)6-13(5-11)9-15/h10-13H,2-9,16H2,1H3. The van der Waals surface area contributed by atoms with Gasteiger partial charge in [-0.2, -0.15) is 0 Å². The second-order valence-corrected chi connectivity index (χ2v) is 7.53. The molecule has 5 heteroatoms. The van der Waals surface area contributed by atoms with Crippen LogP contribution in [0.5, 0.6) is 0 Å². The van der Waals surface area contributed by atoms with Gasteiger partial charge in [-0.3, -0.25) is 0 Å². The zero-order chi connectivity index (χ0) is 13.7. The molecule has 4 fully saturated rings. The molecule has 1 heterocycles. The first kappa shape index (κ1) is 12.7. The smallest absolute Gasteiger partial charge is 0.152 e. The van der Waals surface area contributed by atoms with Gasteiger partial charge in [-0.15, -0.1) is 5.10 Å². The molecule has 0 spiro atoms. The van der Waals surface area contributed by atoms with Crippen LogP contribution in [0.1, 0.15) is 57.3 Å². The van der Waals surface area contributed by atoms with Gasteiger partial charge in [0.2, 0.25) is 0 Å². The molecule has 0 aromatic carbocycles. The van der Waals surface area contributed by atoms with Crippen molar-refractivity contribution in [1.82, 2.24) is 20.2 Å². The molecule has 4 aliphatic carbocycles. The summed E-state index contributed by atoms with van der Waals surface area (Å²) in [5, 5.41) is 12.4. The van der Waals surface area contributed by atoms with E-state index in [0.717, 1.165) is 30.0 Å². The minimum atomic E-state index is 0.424. The van der Waals surface area contributed by atoms with Crippen LogP contribution in [0.25, 0.3) is 0 Å². The van der Waals surface area contributed by atoms with Crippen molar-refractivity contribution in [3.05, 3.63) is 5.82 Å². The average Bonchev–Trinajstić information content (AvgIpc) is 2.85. The molecule has 0 radical (unpaired) electrons. The lowest BCUT2D eigenvalue weighted by molar-refractivity contribution is -0.0818. The van der Waals surface area contributed by atoms with E-state index in [1.54, 1.807) is 0 Å². The number of hydrogen-bond acceptors (Lipinski definition) is 4. The molecule has 4 bridgehead atoms. The van der Waals surface area contributed by atoms with Gasteiger partial charge in [0.25, 0.3) is 0 Å². The fourth-order valence-corrected chi connectivity index (χ4v) is 5.76. The summed E-state index contributed by atoms with van der Waals surface area (Å²) in [6, 6.07) is 0.424. The number of aromatic nitrogens is 4. The third kappa shape index (κ3) is 1.82. The lowest BCUT2D eigenvalue weighted by atomic mass is 9.48. The van der Waals surface area contributed by atoms with E-state index in [2.05, 4.69) is 27.1 Å². The highest BCUT2D eigenvalue weighted by Crippen LogP contribution is 2.63. The number of rotatable bonds is 4. The van der Waals surface area contributed by atoms with Crippen LogP contribution in [0.3, 0.4) is 0 Å². The van der Waals surface area contributed by atoms with E-state index >= 15 is 0 Å². The third-order valence-corrected chi connectivity index (χ3v) is 6.27. The fourth-order valence-electron chi connectivity index (χ4n) is 5.76. The van der Waals surface area contributed by atoms with Crippen molar-refractivity contribution in [3.8, 4) is 0 Å². The molecule has 2 N–H and O–H groups in total. The first-order valence-electron chi connectivity index (χ1n) is 8.17. The van der Waals surface area contributed by atoms with Crippen LogP contribution in [-0.2, 0) is 6.42 Å². The second kappa shape index (κ2) is 4.52. The van der Waals surface area contributed by atoms with Gasteiger partial charge >= 0.3 is 0 Å². The minimum Gasteiger partial charge on any atom is -0.330 e. The zero-order valence-electron chi connectivity index (χ0n) is 12.3. The van der Waals surface area contributed by atoms with Gasteiger partial charge in [0.1, 0.15) is 0 Å². The monoisotopic (exact) mass is 275 g/mol. The van der Waals surface area contributed by atoms with Crippen LogP contribution >= 0.6 is 0 Å². The molecule has 20 heavy (non-hydrogen) atoms. The Labute approximate surface area is 120 Å². The molecule has 0 amide bonds. The Hall–Kier alpha value is -0.970. The highest BCUT2D eigenvalue weighted by atomic mass is 15.6. The third-order valence-electron chi connectivity index (χ3n) is 6.27. The predicted molar refractivity (Wildman–Crippen MR) is 75.9 cm³/mol.